The molecule has 7 heteroatoms. The van der Waals surface area contributed by atoms with Crippen molar-refractivity contribution in [2.24, 2.45) is 0 Å². The Morgan fingerprint density at radius 3 is 2.28 bits per heavy atom. The van der Waals surface area contributed by atoms with Crippen LogP contribution >= 0.6 is 24.0 Å². The van der Waals surface area contributed by atoms with E-state index in [1.807, 2.05) is 4.90 Å². The Labute approximate surface area is 115 Å². The molecular formula is C11H13Cl2F3N2. The van der Waals surface area contributed by atoms with Gasteiger partial charge in [0.25, 0.3) is 0 Å². The number of nitrogens with one attached hydrogen (secondary N) is 1. The standard InChI is InChI=1S/C11H12ClF3N2.ClH/c12-9-7-8(11(13,14)15)1-2-10(9)17-5-3-16-4-6-17;/h1-2,7,16H,3-6H2;1H. The second kappa shape index (κ2) is 5.99. The van der Waals surface area contributed by atoms with Gasteiger partial charge in [-0.05, 0) is 18.2 Å². The molecular weight excluding hydrogens is 288 g/mol. The number of halogens is 5. The van der Waals surface area contributed by atoms with Crippen LogP contribution in [0.4, 0.5) is 18.9 Å². The molecule has 1 heterocycles. The highest BCUT2D eigenvalue weighted by Gasteiger charge is 2.31. The van der Waals surface area contributed by atoms with Crippen molar-refractivity contribution in [2.75, 3.05) is 31.1 Å². The molecule has 0 amide bonds. The average Bonchev–Trinajstić information content (AvgIpc) is 2.29. The summed E-state index contributed by atoms with van der Waals surface area (Å²) in [5.41, 5.74) is -0.0393. The van der Waals surface area contributed by atoms with Crippen molar-refractivity contribution in [1.82, 2.24) is 5.32 Å². The van der Waals surface area contributed by atoms with Crippen molar-refractivity contribution in [3.8, 4) is 0 Å². The fraction of sp³-hybridized carbons (Fsp3) is 0.455. The van der Waals surface area contributed by atoms with Crippen LogP contribution in [0.5, 0.6) is 0 Å². The number of nitrogens with zero attached hydrogens (tertiary/aromatic N) is 1. The van der Waals surface area contributed by atoms with Crippen LogP contribution in [0.15, 0.2) is 18.2 Å². The molecule has 0 unspecified atom stereocenters. The van der Waals surface area contributed by atoms with Gasteiger partial charge in [-0.2, -0.15) is 13.2 Å². The van der Waals surface area contributed by atoms with Gasteiger partial charge in [-0.15, -0.1) is 12.4 Å². The quantitative estimate of drug-likeness (QED) is 0.857. The Balaban J connectivity index is 0.00000162. The third-order valence-corrected chi connectivity index (χ3v) is 3.04. The summed E-state index contributed by atoms with van der Waals surface area (Å²) in [6.07, 6.45) is -4.34. The molecule has 2 nitrogen and oxygen atoms in total. The summed E-state index contributed by atoms with van der Waals surface area (Å²) in [4.78, 5) is 1.99. The minimum absolute atomic E-state index is 0. The van der Waals surface area contributed by atoms with E-state index in [-0.39, 0.29) is 17.4 Å². The SMILES string of the molecule is Cl.FC(F)(F)c1ccc(N2CCNCC2)c(Cl)c1. The molecule has 1 aliphatic rings. The van der Waals surface area contributed by atoms with E-state index in [0.29, 0.717) is 5.69 Å². The molecule has 0 aliphatic carbocycles. The van der Waals surface area contributed by atoms with E-state index in [4.69, 9.17) is 11.6 Å². The summed E-state index contributed by atoms with van der Waals surface area (Å²) in [7, 11) is 0. The molecule has 1 saturated heterocycles. The highest BCUT2D eigenvalue weighted by atomic mass is 35.5. The van der Waals surface area contributed by atoms with Gasteiger partial charge in [0.2, 0.25) is 0 Å². The topological polar surface area (TPSA) is 15.3 Å². The number of piperazine rings is 1. The van der Waals surface area contributed by atoms with Gasteiger partial charge in [-0.3, -0.25) is 0 Å². The summed E-state index contributed by atoms with van der Waals surface area (Å²) >= 11 is 5.91. The first-order valence-corrected chi connectivity index (χ1v) is 5.69. The Morgan fingerprint density at radius 1 is 1.17 bits per heavy atom. The Hall–Kier alpha value is -0.650. The molecule has 2 rings (SSSR count). The molecule has 0 aromatic heterocycles. The van der Waals surface area contributed by atoms with E-state index in [0.717, 1.165) is 38.3 Å². The maximum Gasteiger partial charge on any atom is 0.416 e. The molecule has 1 aromatic carbocycles. The molecule has 1 aliphatic heterocycles. The van der Waals surface area contributed by atoms with Crippen molar-refractivity contribution < 1.29 is 13.2 Å². The third-order valence-electron chi connectivity index (χ3n) is 2.73. The first-order chi connectivity index (χ1) is 7.98. The van der Waals surface area contributed by atoms with E-state index in [1.54, 1.807) is 0 Å². The minimum atomic E-state index is -4.34. The van der Waals surface area contributed by atoms with Crippen molar-refractivity contribution >= 4 is 29.7 Å². The number of hydrogen-bond donors (Lipinski definition) is 1. The zero-order valence-corrected chi connectivity index (χ0v) is 11.0. The summed E-state index contributed by atoms with van der Waals surface area (Å²) in [6.45, 7) is 3.14. The Bertz CT molecular complexity index is 404. The van der Waals surface area contributed by atoms with E-state index < -0.39 is 11.7 Å². The lowest BCUT2D eigenvalue weighted by molar-refractivity contribution is -0.137. The molecule has 1 aromatic rings. The average molecular weight is 301 g/mol. The molecule has 1 N–H and O–H groups in total. The molecule has 18 heavy (non-hydrogen) atoms. The summed E-state index contributed by atoms with van der Waals surface area (Å²) in [5, 5.41) is 3.33. The molecule has 0 atom stereocenters. The second-order valence-corrected chi connectivity index (χ2v) is 4.31. The van der Waals surface area contributed by atoms with Crippen molar-refractivity contribution in [1.29, 1.82) is 0 Å². The van der Waals surface area contributed by atoms with Crippen molar-refractivity contribution in [3.63, 3.8) is 0 Å². The summed E-state index contributed by atoms with van der Waals surface area (Å²) in [5.74, 6) is 0. The number of anilines is 1. The predicted molar refractivity (Wildman–Crippen MR) is 68.8 cm³/mol. The second-order valence-electron chi connectivity index (χ2n) is 3.90. The number of alkyl halides is 3. The van der Waals surface area contributed by atoms with Crippen LogP contribution in [0.1, 0.15) is 5.56 Å². The fourth-order valence-electron chi connectivity index (χ4n) is 1.85. The molecule has 102 valence electrons. The molecule has 1 fully saturated rings. The van der Waals surface area contributed by atoms with Crippen molar-refractivity contribution in [2.45, 2.75) is 6.18 Å². The first-order valence-electron chi connectivity index (χ1n) is 5.31. The van der Waals surface area contributed by atoms with Gasteiger partial charge in [0.1, 0.15) is 0 Å². The van der Waals surface area contributed by atoms with Crippen LogP contribution in [-0.2, 0) is 6.18 Å². The molecule has 0 spiro atoms. The third kappa shape index (κ3) is 3.43. The van der Waals surface area contributed by atoms with Gasteiger partial charge in [0, 0.05) is 26.2 Å². The van der Waals surface area contributed by atoms with Crippen LogP contribution in [0.3, 0.4) is 0 Å². The van der Waals surface area contributed by atoms with Gasteiger partial charge in [0.05, 0.1) is 16.3 Å². The smallest absolute Gasteiger partial charge is 0.368 e. The molecule has 0 saturated carbocycles. The van der Waals surface area contributed by atoms with Crippen LogP contribution < -0.4 is 10.2 Å². The lowest BCUT2D eigenvalue weighted by Gasteiger charge is -2.30. The minimum Gasteiger partial charge on any atom is -0.368 e. The van der Waals surface area contributed by atoms with Crippen LogP contribution in [-0.4, -0.2) is 26.2 Å². The Kier molecular flexibility index (Phi) is 5.13. The van der Waals surface area contributed by atoms with Gasteiger partial charge < -0.3 is 10.2 Å². The van der Waals surface area contributed by atoms with E-state index >= 15 is 0 Å². The Morgan fingerprint density at radius 2 is 1.78 bits per heavy atom. The highest BCUT2D eigenvalue weighted by Crippen LogP contribution is 2.35. The van der Waals surface area contributed by atoms with Crippen LogP contribution in [0, 0.1) is 0 Å². The first kappa shape index (κ1) is 15.4. The number of rotatable bonds is 1. The van der Waals surface area contributed by atoms with Gasteiger partial charge >= 0.3 is 6.18 Å². The monoisotopic (exact) mass is 300 g/mol. The fourth-order valence-corrected chi connectivity index (χ4v) is 2.15. The lowest BCUT2D eigenvalue weighted by atomic mass is 10.1. The van der Waals surface area contributed by atoms with Gasteiger partial charge in [-0.1, -0.05) is 11.6 Å². The van der Waals surface area contributed by atoms with Crippen molar-refractivity contribution in [3.05, 3.63) is 28.8 Å². The number of hydrogen-bond acceptors (Lipinski definition) is 2. The van der Waals surface area contributed by atoms with Crippen LogP contribution in [0.2, 0.25) is 5.02 Å². The molecule has 0 bridgehead atoms. The van der Waals surface area contributed by atoms with E-state index in [2.05, 4.69) is 5.32 Å². The zero-order chi connectivity index (χ0) is 12.5. The maximum absolute atomic E-state index is 12.5. The maximum atomic E-state index is 12.5. The predicted octanol–water partition coefficient (Wildman–Crippen LogP) is 3.19. The summed E-state index contributed by atoms with van der Waals surface area (Å²) in [6, 6.07) is 3.50. The summed E-state index contributed by atoms with van der Waals surface area (Å²) < 4.78 is 37.4. The van der Waals surface area contributed by atoms with Crippen LogP contribution in [0.25, 0.3) is 0 Å². The van der Waals surface area contributed by atoms with Gasteiger partial charge in [-0.25, -0.2) is 0 Å². The molecule has 0 radical (unpaired) electrons. The number of benzene rings is 1. The lowest BCUT2D eigenvalue weighted by Crippen LogP contribution is -2.43. The largest absolute Gasteiger partial charge is 0.416 e. The highest BCUT2D eigenvalue weighted by molar-refractivity contribution is 6.33. The van der Waals surface area contributed by atoms with E-state index in [9.17, 15) is 13.2 Å². The van der Waals surface area contributed by atoms with E-state index in [1.165, 1.54) is 6.07 Å². The zero-order valence-electron chi connectivity index (χ0n) is 9.43. The normalized spacial score (nSPS) is 16.3. The van der Waals surface area contributed by atoms with Gasteiger partial charge in [0.15, 0.2) is 0 Å².